The van der Waals surface area contributed by atoms with Crippen LogP contribution in [-0.4, -0.2) is 25.7 Å². The van der Waals surface area contributed by atoms with Crippen molar-refractivity contribution < 1.29 is 14.3 Å². The molecule has 0 unspecified atom stereocenters. The zero-order chi connectivity index (χ0) is 18.1. The molecule has 0 aliphatic carbocycles. The Morgan fingerprint density at radius 1 is 1.20 bits per heavy atom. The third-order valence-corrected chi connectivity index (χ3v) is 4.79. The minimum atomic E-state index is -0.750. The third-order valence-electron chi connectivity index (χ3n) is 3.85. The number of benzene rings is 1. The topological polar surface area (TPSA) is 67.4 Å². The number of aryl methyl sites for hydroxylation is 1. The van der Waals surface area contributed by atoms with Gasteiger partial charge >= 0.3 is 6.09 Å². The first-order valence-electron chi connectivity index (χ1n) is 8.37. The number of thiophene rings is 1. The number of imide groups is 1. The quantitative estimate of drug-likeness (QED) is 0.754. The van der Waals surface area contributed by atoms with E-state index >= 15 is 0 Å². The molecule has 0 radical (unpaired) electrons. The van der Waals surface area contributed by atoms with E-state index in [-0.39, 0.29) is 12.6 Å². The average molecular weight is 360 g/mol. The molecule has 134 valence electrons. The number of methoxy groups -OCH3 is 1. The van der Waals surface area contributed by atoms with Crippen LogP contribution >= 0.6 is 11.3 Å². The van der Waals surface area contributed by atoms with Gasteiger partial charge in [-0.05, 0) is 35.4 Å². The number of carbonyl (C=O) groups excluding carboxylic acids is 2. The van der Waals surface area contributed by atoms with E-state index in [1.54, 1.807) is 11.3 Å². The van der Waals surface area contributed by atoms with Gasteiger partial charge in [-0.3, -0.25) is 15.4 Å². The molecule has 0 spiro atoms. The molecule has 1 aromatic heterocycles. The number of amides is 2. The van der Waals surface area contributed by atoms with Crippen LogP contribution in [0, 0.1) is 0 Å². The normalized spacial score (nSPS) is 11.8. The van der Waals surface area contributed by atoms with E-state index < -0.39 is 12.0 Å². The molecule has 1 aromatic carbocycles. The highest BCUT2D eigenvalue weighted by Gasteiger charge is 2.17. The molecule has 1 heterocycles. The van der Waals surface area contributed by atoms with Crippen LogP contribution in [0.25, 0.3) is 0 Å². The highest BCUT2D eigenvalue weighted by Crippen LogP contribution is 2.26. The van der Waals surface area contributed by atoms with Gasteiger partial charge < -0.3 is 4.74 Å². The monoisotopic (exact) mass is 360 g/mol. The first kappa shape index (κ1) is 19.1. The lowest BCUT2D eigenvalue weighted by Crippen LogP contribution is -2.39. The Morgan fingerprint density at radius 2 is 1.96 bits per heavy atom. The summed E-state index contributed by atoms with van der Waals surface area (Å²) in [6.07, 6.45) is 2.69. The summed E-state index contributed by atoms with van der Waals surface area (Å²) in [6.45, 7) is 2.21. The zero-order valence-electron chi connectivity index (χ0n) is 14.6. The Kier molecular flexibility index (Phi) is 7.63. The molecule has 25 heavy (non-hydrogen) atoms. The van der Waals surface area contributed by atoms with E-state index in [2.05, 4.69) is 46.6 Å². The van der Waals surface area contributed by atoms with Gasteiger partial charge in [-0.1, -0.05) is 43.7 Å². The predicted octanol–water partition coefficient (Wildman–Crippen LogP) is 3.65. The van der Waals surface area contributed by atoms with Crippen LogP contribution in [0.2, 0.25) is 0 Å². The molecule has 2 rings (SSSR count). The second-order valence-corrected chi connectivity index (χ2v) is 6.69. The van der Waals surface area contributed by atoms with Crippen molar-refractivity contribution in [1.82, 2.24) is 10.6 Å². The number of alkyl carbamates (subject to hydrolysis) is 1. The van der Waals surface area contributed by atoms with E-state index in [4.69, 9.17) is 0 Å². The van der Waals surface area contributed by atoms with Gasteiger partial charge in [0.2, 0.25) is 5.91 Å². The number of hydrogen-bond donors (Lipinski definition) is 2. The van der Waals surface area contributed by atoms with E-state index in [0.29, 0.717) is 0 Å². The lowest BCUT2D eigenvalue weighted by Gasteiger charge is -2.18. The van der Waals surface area contributed by atoms with Gasteiger partial charge in [-0.25, -0.2) is 4.79 Å². The van der Waals surface area contributed by atoms with Gasteiger partial charge in [0.15, 0.2) is 0 Å². The molecule has 1 atom stereocenters. The SMILES string of the molecule is CCCCc1ccc([C@@H](NCC(=O)NC(=O)OC)c2cccs2)cc1. The van der Waals surface area contributed by atoms with Gasteiger partial charge in [0, 0.05) is 4.88 Å². The molecule has 6 heteroatoms. The molecule has 0 aliphatic rings. The summed E-state index contributed by atoms with van der Waals surface area (Å²) in [5.74, 6) is -0.423. The van der Waals surface area contributed by atoms with Gasteiger partial charge in [-0.2, -0.15) is 0 Å². The van der Waals surface area contributed by atoms with Crippen molar-refractivity contribution in [3.63, 3.8) is 0 Å². The highest BCUT2D eigenvalue weighted by atomic mass is 32.1. The van der Waals surface area contributed by atoms with Crippen molar-refractivity contribution in [2.24, 2.45) is 0 Å². The Balaban J connectivity index is 2.06. The van der Waals surface area contributed by atoms with Crippen molar-refractivity contribution in [3.8, 4) is 0 Å². The Bertz CT molecular complexity index is 668. The minimum Gasteiger partial charge on any atom is -0.453 e. The number of nitrogens with one attached hydrogen (secondary N) is 2. The van der Waals surface area contributed by atoms with E-state index in [9.17, 15) is 9.59 Å². The van der Waals surface area contributed by atoms with Crippen LogP contribution in [0.3, 0.4) is 0 Å². The second-order valence-electron chi connectivity index (χ2n) is 5.71. The number of unbranched alkanes of at least 4 members (excludes halogenated alkanes) is 1. The molecule has 0 saturated carbocycles. The van der Waals surface area contributed by atoms with Crippen molar-refractivity contribution in [1.29, 1.82) is 0 Å². The molecule has 0 fully saturated rings. The molecular formula is C19H24N2O3S. The van der Waals surface area contributed by atoms with Gasteiger partial charge in [0.25, 0.3) is 0 Å². The number of rotatable bonds is 8. The summed E-state index contributed by atoms with van der Waals surface area (Å²) in [5.41, 5.74) is 2.41. The van der Waals surface area contributed by atoms with Gasteiger partial charge in [0.1, 0.15) is 0 Å². The first-order valence-corrected chi connectivity index (χ1v) is 9.25. The number of ether oxygens (including phenoxy) is 1. The van der Waals surface area contributed by atoms with E-state index in [0.717, 1.165) is 16.9 Å². The van der Waals surface area contributed by atoms with Crippen molar-refractivity contribution in [3.05, 3.63) is 57.8 Å². The molecule has 2 amide bonds. The lowest BCUT2D eigenvalue weighted by atomic mass is 10.0. The molecule has 2 aromatic rings. The van der Waals surface area contributed by atoms with Gasteiger partial charge in [0.05, 0.1) is 19.7 Å². The molecular weight excluding hydrogens is 336 g/mol. The average Bonchev–Trinajstić information content (AvgIpc) is 3.15. The minimum absolute atomic E-state index is 0.0231. The van der Waals surface area contributed by atoms with Gasteiger partial charge in [-0.15, -0.1) is 11.3 Å². The fourth-order valence-electron chi connectivity index (χ4n) is 2.50. The summed E-state index contributed by atoms with van der Waals surface area (Å²) >= 11 is 1.63. The lowest BCUT2D eigenvalue weighted by molar-refractivity contribution is -0.119. The predicted molar refractivity (Wildman–Crippen MR) is 99.8 cm³/mol. The summed E-state index contributed by atoms with van der Waals surface area (Å²) in [5, 5.41) is 7.38. The van der Waals surface area contributed by atoms with Crippen molar-refractivity contribution >= 4 is 23.3 Å². The maximum atomic E-state index is 11.8. The summed E-state index contributed by atoms with van der Waals surface area (Å²) in [6, 6.07) is 12.4. The number of carbonyl (C=O) groups is 2. The molecule has 2 N–H and O–H groups in total. The van der Waals surface area contributed by atoms with Crippen LogP contribution in [0.15, 0.2) is 41.8 Å². The van der Waals surface area contributed by atoms with Crippen LogP contribution in [0.5, 0.6) is 0 Å². The Labute approximate surface area is 152 Å². The van der Waals surface area contributed by atoms with Crippen molar-refractivity contribution in [2.75, 3.05) is 13.7 Å². The Hall–Kier alpha value is -2.18. The standard InChI is InChI=1S/C19H24N2O3S/c1-3-4-6-14-8-10-15(11-9-14)18(16-7-5-12-25-16)20-13-17(22)21-19(23)24-2/h5,7-12,18,20H,3-4,6,13H2,1-2H3,(H,21,22,23)/t18-/m1/s1. The molecule has 0 saturated heterocycles. The molecule has 0 bridgehead atoms. The van der Waals surface area contributed by atoms with Crippen LogP contribution in [0.4, 0.5) is 4.79 Å². The van der Waals surface area contributed by atoms with Crippen LogP contribution in [0.1, 0.15) is 41.8 Å². The first-order chi connectivity index (χ1) is 12.1. The second kappa shape index (κ2) is 9.96. The summed E-state index contributed by atoms with van der Waals surface area (Å²) in [4.78, 5) is 24.0. The summed E-state index contributed by atoms with van der Waals surface area (Å²) in [7, 11) is 1.23. The number of hydrogen-bond acceptors (Lipinski definition) is 5. The largest absolute Gasteiger partial charge is 0.453 e. The van der Waals surface area contributed by atoms with Crippen LogP contribution in [-0.2, 0) is 16.0 Å². The Morgan fingerprint density at radius 3 is 2.56 bits per heavy atom. The molecule has 5 nitrogen and oxygen atoms in total. The smallest absolute Gasteiger partial charge is 0.413 e. The van der Waals surface area contributed by atoms with E-state index in [1.165, 1.54) is 25.5 Å². The third kappa shape index (κ3) is 5.99. The maximum Gasteiger partial charge on any atom is 0.413 e. The fraction of sp³-hybridized carbons (Fsp3) is 0.368. The maximum absolute atomic E-state index is 11.8. The molecule has 0 aliphatic heterocycles. The zero-order valence-corrected chi connectivity index (χ0v) is 15.4. The van der Waals surface area contributed by atoms with Crippen LogP contribution < -0.4 is 10.6 Å². The highest BCUT2D eigenvalue weighted by molar-refractivity contribution is 7.10. The van der Waals surface area contributed by atoms with Crippen molar-refractivity contribution in [2.45, 2.75) is 32.2 Å². The summed E-state index contributed by atoms with van der Waals surface area (Å²) < 4.78 is 4.43. The van der Waals surface area contributed by atoms with E-state index in [1.807, 2.05) is 17.5 Å². The fourth-order valence-corrected chi connectivity index (χ4v) is 3.33.